The zero-order chi connectivity index (χ0) is 12.3. The fraction of sp³-hybridized carbons (Fsp3) is 0.636. The quantitative estimate of drug-likeness (QED) is 0.455. The molecule has 90 valence electrons. The van der Waals surface area contributed by atoms with E-state index < -0.39 is 5.41 Å². The van der Waals surface area contributed by atoms with E-state index in [4.69, 9.17) is 5.84 Å². The summed E-state index contributed by atoms with van der Waals surface area (Å²) in [6.45, 7) is 8.45. The molecular formula is C11H20N4O. The summed E-state index contributed by atoms with van der Waals surface area (Å²) in [5.41, 5.74) is 1.65. The molecule has 0 unspecified atom stereocenters. The van der Waals surface area contributed by atoms with Gasteiger partial charge in [-0.2, -0.15) is 0 Å². The molecule has 0 spiro atoms. The van der Waals surface area contributed by atoms with Gasteiger partial charge in [-0.05, 0) is 13.8 Å². The topological polar surface area (TPSA) is 72.9 Å². The van der Waals surface area contributed by atoms with Crippen LogP contribution in [0.5, 0.6) is 0 Å². The lowest BCUT2D eigenvalue weighted by atomic mass is 9.92. The van der Waals surface area contributed by atoms with Crippen molar-refractivity contribution in [2.24, 2.45) is 11.3 Å². The molecule has 0 radical (unpaired) electrons. The number of amides is 1. The van der Waals surface area contributed by atoms with Gasteiger partial charge in [-0.1, -0.05) is 13.8 Å². The third-order valence-electron chi connectivity index (χ3n) is 2.58. The normalized spacial score (nSPS) is 11.9. The first kappa shape index (κ1) is 12.7. The van der Waals surface area contributed by atoms with Crippen LogP contribution in [0.2, 0.25) is 0 Å². The highest BCUT2D eigenvalue weighted by Crippen LogP contribution is 2.21. The number of nitrogens with two attached hydrogens (primary N) is 1. The van der Waals surface area contributed by atoms with Crippen molar-refractivity contribution in [2.45, 2.75) is 40.2 Å². The summed E-state index contributed by atoms with van der Waals surface area (Å²) < 4.78 is 2.00. The van der Waals surface area contributed by atoms with Crippen LogP contribution in [0.25, 0.3) is 0 Å². The molecule has 1 aromatic heterocycles. The SMILES string of the molecule is CC(C)c1nccn1CC(C)(C)C(=O)NN. The maximum absolute atomic E-state index is 11.6. The number of hydrazine groups is 1. The number of hydrogen-bond acceptors (Lipinski definition) is 3. The molecule has 0 saturated heterocycles. The molecule has 0 atom stereocenters. The molecule has 5 nitrogen and oxygen atoms in total. The Labute approximate surface area is 96.0 Å². The van der Waals surface area contributed by atoms with Gasteiger partial charge in [0.2, 0.25) is 5.91 Å². The molecule has 5 heteroatoms. The number of carbonyl (C=O) groups is 1. The van der Waals surface area contributed by atoms with Crippen LogP contribution in [0.4, 0.5) is 0 Å². The Bertz CT molecular complexity index is 368. The van der Waals surface area contributed by atoms with E-state index in [0.717, 1.165) is 5.82 Å². The number of imidazole rings is 1. The first-order valence-electron chi connectivity index (χ1n) is 5.40. The van der Waals surface area contributed by atoms with Crippen LogP contribution in [0.15, 0.2) is 12.4 Å². The Kier molecular flexibility index (Phi) is 3.70. The van der Waals surface area contributed by atoms with Crippen molar-refractivity contribution in [1.29, 1.82) is 0 Å². The fourth-order valence-electron chi connectivity index (χ4n) is 1.65. The molecule has 0 aliphatic rings. The predicted molar refractivity (Wildman–Crippen MR) is 62.4 cm³/mol. The largest absolute Gasteiger partial charge is 0.334 e. The first-order chi connectivity index (χ1) is 7.38. The van der Waals surface area contributed by atoms with Gasteiger partial charge in [-0.25, -0.2) is 10.8 Å². The summed E-state index contributed by atoms with van der Waals surface area (Å²) in [6.07, 6.45) is 3.65. The highest BCUT2D eigenvalue weighted by molar-refractivity contribution is 5.81. The van der Waals surface area contributed by atoms with Crippen molar-refractivity contribution >= 4 is 5.91 Å². The van der Waals surface area contributed by atoms with Gasteiger partial charge in [0.15, 0.2) is 0 Å². The van der Waals surface area contributed by atoms with Gasteiger partial charge in [-0.3, -0.25) is 10.2 Å². The average molecular weight is 224 g/mol. The van der Waals surface area contributed by atoms with Crippen molar-refractivity contribution in [3.8, 4) is 0 Å². The van der Waals surface area contributed by atoms with Crippen molar-refractivity contribution in [3.63, 3.8) is 0 Å². The zero-order valence-electron chi connectivity index (χ0n) is 10.3. The third kappa shape index (κ3) is 2.61. The first-order valence-corrected chi connectivity index (χ1v) is 5.40. The number of hydrogen-bond donors (Lipinski definition) is 2. The van der Waals surface area contributed by atoms with Crippen LogP contribution in [0, 0.1) is 5.41 Å². The lowest BCUT2D eigenvalue weighted by molar-refractivity contribution is -0.130. The minimum atomic E-state index is -0.543. The molecule has 0 saturated carbocycles. The van der Waals surface area contributed by atoms with E-state index in [-0.39, 0.29) is 5.91 Å². The number of nitrogens with one attached hydrogen (secondary N) is 1. The molecule has 1 heterocycles. The Hall–Kier alpha value is -1.36. The molecule has 3 N–H and O–H groups in total. The number of rotatable bonds is 4. The Morgan fingerprint density at radius 3 is 2.75 bits per heavy atom. The molecule has 0 fully saturated rings. The van der Waals surface area contributed by atoms with Crippen LogP contribution >= 0.6 is 0 Å². The smallest absolute Gasteiger partial charge is 0.241 e. The maximum atomic E-state index is 11.6. The molecular weight excluding hydrogens is 204 g/mol. The van der Waals surface area contributed by atoms with E-state index in [9.17, 15) is 4.79 Å². The van der Waals surface area contributed by atoms with Gasteiger partial charge in [0.05, 0.1) is 5.41 Å². The molecule has 16 heavy (non-hydrogen) atoms. The predicted octanol–water partition coefficient (Wildman–Crippen LogP) is 1.02. The second-order valence-electron chi connectivity index (χ2n) is 4.93. The minimum Gasteiger partial charge on any atom is -0.334 e. The monoisotopic (exact) mass is 224 g/mol. The van der Waals surface area contributed by atoms with Gasteiger partial charge in [-0.15, -0.1) is 0 Å². The van der Waals surface area contributed by atoms with E-state index in [0.29, 0.717) is 12.5 Å². The molecule has 1 rings (SSSR count). The van der Waals surface area contributed by atoms with Crippen LogP contribution in [-0.2, 0) is 11.3 Å². The summed E-state index contributed by atoms with van der Waals surface area (Å²) in [5.74, 6) is 6.31. The molecule has 0 aliphatic carbocycles. The van der Waals surface area contributed by atoms with Crippen molar-refractivity contribution in [1.82, 2.24) is 15.0 Å². The van der Waals surface area contributed by atoms with Crippen molar-refractivity contribution < 1.29 is 4.79 Å². The van der Waals surface area contributed by atoms with Crippen LogP contribution in [0.1, 0.15) is 39.4 Å². The van der Waals surface area contributed by atoms with E-state index in [1.165, 1.54) is 0 Å². The molecule has 0 bridgehead atoms. The van der Waals surface area contributed by atoms with Crippen LogP contribution in [0.3, 0.4) is 0 Å². The molecule has 0 aromatic carbocycles. The molecule has 0 aliphatic heterocycles. The summed E-state index contributed by atoms with van der Waals surface area (Å²) in [5, 5.41) is 0. The summed E-state index contributed by atoms with van der Waals surface area (Å²) in [7, 11) is 0. The summed E-state index contributed by atoms with van der Waals surface area (Å²) in [4.78, 5) is 15.9. The number of aromatic nitrogens is 2. The van der Waals surface area contributed by atoms with Gasteiger partial charge in [0.25, 0.3) is 0 Å². The van der Waals surface area contributed by atoms with E-state index in [1.54, 1.807) is 6.20 Å². The fourth-order valence-corrected chi connectivity index (χ4v) is 1.65. The molecule has 1 aromatic rings. The Balaban J connectivity index is 2.88. The maximum Gasteiger partial charge on any atom is 0.241 e. The zero-order valence-corrected chi connectivity index (χ0v) is 10.3. The second-order valence-corrected chi connectivity index (χ2v) is 4.93. The highest BCUT2D eigenvalue weighted by atomic mass is 16.2. The number of nitrogens with zero attached hydrogens (tertiary/aromatic N) is 2. The minimum absolute atomic E-state index is 0.170. The van der Waals surface area contributed by atoms with E-state index in [2.05, 4.69) is 24.3 Å². The van der Waals surface area contributed by atoms with Gasteiger partial charge >= 0.3 is 0 Å². The number of carbonyl (C=O) groups excluding carboxylic acids is 1. The Morgan fingerprint density at radius 1 is 1.62 bits per heavy atom. The van der Waals surface area contributed by atoms with Gasteiger partial charge in [0.1, 0.15) is 5.82 Å². The highest BCUT2D eigenvalue weighted by Gasteiger charge is 2.28. The lowest BCUT2D eigenvalue weighted by Gasteiger charge is -2.24. The average Bonchev–Trinajstić information content (AvgIpc) is 2.63. The van der Waals surface area contributed by atoms with Crippen molar-refractivity contribution in [2.75, 3.05) is 0 Å². The second kappa shape index (κ2) is 4.65. The van der Waals surface area contributed by atoms with Crippen molar-refractivity contribution in [3.05, 3.63) is 18.2 Å². The van der Waals surface area contributed by atoms with Gasteiger partial charge < -0.3 is 4.57 Å². The Morgan fingerprint density at radius 2 is 2.25 bits per heavy atom. The standard InChI is InChI=1S/C11H20N4O/c1-8(2)9-13-5-6-15(9)7-11(3,4)10(16)14-12/h5-6,8H,7,12H2,1-4H3,(H,14,16). The van der Waals surface area contributed by atoms with E-state index >= 15 is 0 Å². The molecule has 1 amide bonds. The van der Waals surface area contributed by atoms with Crippen LogP contribution in [-0.4, -0.2) is 15.5 Å². The lowest BCUT2D eigenvalue weighted by Crippen LogP contribution is -2.43. The summed E-state index contributed by atoms with van der Waals surface area (Å²) >= 11 is 0. The third-order valence-corrected chi connectivity index (χ3v) is 2.58. The summed E-state index contributed by atoms with van der Waals surface area (Å²) in [6, 6.07) is 0. The van der Waals surface area contributed by atoms with Gasteiger partial charge in [0, 0.05) is 24.9 Å². The van der Waals surface area contributed by atoms with E-state index in [1.807, 2.05) is 24.6 Å². The van der Waals surface area contributed by atoms with Crippen LogP contribution < -0.4 is 11.3 Å².